The molecule has 4 aromatic carbocycles. The summed E-state index contributed by atoms with van der Waals surface area (Å²) in [5.41, 5.74) is 3.75. The topological polar surface area (TPSA) is 65.3 Å². The van der Waals surface area contributed by atoms with Crippen LogP contribution in [0.4, 0.5) is 4.39 Å². The van der Waals surface area contributed by atoms with E-state index in [1.807, 2.05) is 60.8 Å². The van der Waals surface area contributed by atoms with Crippen molar-refractivity contribution in [2.75, 3.05) is 0 Å². The Bertz CT molecular complexity index is 2140. The number of hydrogen-bond donors (Lipinski definition) is 0. The van der Waals surface area contributed by atoms with E-state index in [0.717, 1.165) is 31.9 Å². The maximum atomic E-state index is 13.7. The highest BCUT2D eigenvalue weighted by Gasteiger charge is 2.17. The first kappa shape index (κ1) is 24.2. The van der Waals surface area contributed by atoms with Gasteiger partial charge in [-0.2, -0.15) is 9.78 Å². The summed E-state index contributed by atoms with van der Waals surface area (Å²) in [6.07, 6.45) is 3.65. The molecule has 0 saturated heterocycles. The summed E-state index contributed by atoms with van der Waals surface area (Å²) < 4.78 is 23.9. The van der Waals surface area contributed by atoms with Crippen LogP contribution in [-0.2, 0) is 6.54 Å². The summed E-state index contributed by atoms with van der Waals surface area (Å²) in [5.74, 6) is 0.477. The third-order valence-corrected chi connectivity index (χ3v) is 7.34. The Morgan fingerprint density at radius 2 is 1.70 bits per heavy atom. The van der Waals surface area contributed by atoms with Gasteiger partial charge in [-0.3, -0.25) is 4.79 Å². The van der Waals surface area contributed by atoms with Crippen LogP contribution in [0.2, 0.25) is 0 Å². The van der Waals surface area contributed by atoms with E-state index in [2.05, 4.69) is 25.6 Å². The second kappa shape index (κ2) is 9.73. The van der Waals surface area contributed by atoms with Crippen LogP contribution < -0.4 is 5.56 Å². The van der Waals surface area contributed by atoms with Gasteiger partial charge in [0.25, 0.3) is 5.56 Å². The fourth-order valence-corrected chi connectivity index (χ4v) is 5.31. The van der Waals surface area contributed by atoms with Gasteiger partial charge in [0.1, 0.15) is 11.4 Å². The number of hydrogen-bond acceptors (Lipinski definition) is 4. The van der Waals surface area contributed by atoms with E-state index >= 15 is 0 Å². The number of rotatable bonds is 5. The fourth-order valence-electron chi connectivity index (χ4n) is 4.93. The van der Waals surface area contributed by atoms with Crippen molar-refractivity contribution in [1.82, 2.24) is 14.2 Å². The molecular formula is C32H20BrFN4O2. The maximum Gasteiger partial charge on any atom is 0.282 e. The third kappa shape index (κ3) is 4.32. The lowest BCUT2D eigenvalue weighted by Gasteiger charge is -2.07. The molecule has 0 fully saturated rings. The number of para-hydroxylation sites is 2. The molecule has 0 saturated carbocycles. The van der Waals surface area contributed by atoms with Gasteiger partial charge in [-0.05, 0) is 60.2 Å². The monoisotopic (exact) mass is 590 g/mol. The molecule has 0 aliphatic rings. The van der Waals surface area contributed by atoms with E-state index in [4.69, 9.17) is 9.40 Å². The molecule has 0 bridgehead atoms. The van der Waals surface area contributed by atoms with Crippen LogP contribution in [0.1, 0.15) is 11.1 Å². The molecule has 0 atom stereocenters. The summed E-state index contributed by atoms with van der Waals surface area (Å²) >= 11 is 3.50. The van der Waals surface area contributed by atoms with Crippen LogP contribution in [0, 0.1) is 5.82 Å². The third-order valence-electron chi connectivity index (χ3n) is 6.85. The minimum Gasteiger partial charge on any atom is -0.453 e. The molecule has 7 aromatic rings. The molecule has 0 spiro atoms. The lowest BCUT2D eigenvalue weighted by atomic mass is 10.2. The van der Waals surface area contributed by atoms with Gasteiger partial charge in [0.05, 0.1) is 17.1 Å². The van der Waals surface area contributed by atoms with E-state index in [1.165, 1.54) is 16.8 Å². The van der Waals surface area contributed by atoms with Crippen molar-refractivity contribution in [1.29, 1.82) is 0 Å². The molecule has 0 radical (unpaired) electrons. The van der Waals surface area contributed by atoms with Gasteiger partial charge in [0.15, 0.2) is 5.76 Å². The van der Waals surface area contributed by atoms with Crippen molar-refractivity contribution in [2.45, 2.75) is 6.54 Å². The largest absolute Gasteiger partial charge is 0.453 e. The standard InChI is InChI=1S/C32H20BrFN4O2/c33-23-11-14-29-21(15-23)16-30(40-29)31-36-27-7-3-1-6-26(27)32(39)38(31)35-17-22-19-37(28-8-4-2-5-25(22)28)18-20-9-12-24(34)13-10-20/h1-17,19H,18H2. The number of aromatic nitrogens is 3. The molecule has 0 amide bonds. The van der Waals surface area contributed by atoms with Crippen LogP contribution in [0.5, 0.6) is 0 Å². The van der Waals surface area contributed by atoms with Crippen molar-refractivity contribution >= 4 is 54.9 Å². The molecule has 0 aliphatic heterocycles. The Labute approximate surface area is 235 Å². The smallest absolute Gasteiger partial charge is 0.282 e. The van der Waals surface area contributed by atoms with Crippen molar-refractivity contribution in [3.63, 3.8) is 0 Å². The number of benzene rings is 4. The Morgan fingerprint density at radius 1 is 0.925 bits per heavy atom. The first-order chi connectivity index (χ1) is 19.5. The Kier molecular flexibility index (Phi) is 5.90. The summed E-state index contributed by atoms with van der Waals surface area (Å²) in [7, 11) is 0. The lowest BCUT2D eigenvalue weighted by molar-refractivity contribution is 0.616. The SMILES string of the molecule is O=c1c2ccccc2nc(-c2cc3cc(Br)ccc3o2)n1N=Cc1cn(Cc2ccc(F)cc2)c2ccccc12. The van der Waals surface area contributed by atoms with Crippen LogP contribution in [-0.4, -0.2) is 20.4 Å². The highest BCUT2D eigenvalue weighted by molar-refractivity contribution is 9.10. The molecule has 6 nitrogen and oxygen atoms in total. The van der Waals surface area contributed by atoms with Crippen molar-refractivity contribution in [3.8, 4) is 11.6 Å². The van der Waals surface area contributed by atoms with Gasteiger partial charge in [-0.1, -0.05) is 58.4 Å². The van der Waals surface area contributed by atoms with Gasteiger partial charge in [-0.15, -0.1) is 0 Å². The highest BCUT2D eigenvalue weighted by atomic mass is 79.9. The molecule has 3 heterocycles. The predicted molar refractivity (Wildman–Crippen MR) is 159 cm³/mol. The van der Waals surface area contributed by atoms with Crippen LogP contribution in [0.25, 0.3) is 44.4 Å². The van der Waals surface area contributed by atoms with Gasteiger partial charge in [0, 0.05) is 39.1 Å². The van der Waals surface area contributed by atoms with Crippen molar-refractivity contribution < 1.29 is 8.81 Å². The van der Waals surface area contributed by atoms with E-state index in [1.54, 1.807) is 36.5 Å². The number of nitrogens with zero attached hydrogens (tertiary/aromatic N) is 4. The Hall–Kier alpha value is -4.82. The van der Waals surface area contributed by atoms with E-state index < -0.39 is 0 Å². The predicted octanol–water partition coefficient (Wildman–Crippen LogP) is 7.60. The van der Waals surface area contributed by atoms with E-state index in [0.29, 0.717) is 34.6 Å². The first-order valence-electron chi connectivity index (χ1n) is 12.6. The fraction of sp³-hybridized carbons (Fsp3) is 0.0312. The molecule has 7 rings (SSSR count). The van der Waals surface area contributed by atoms with Gasteiger partial charge < -0.3 is 8.98 Å². The molecule has 40 heavy (non-hydrogen) atoms. The van der Waals surface area contributed by atoms with Gasteiger partial charge in [-0.25, -0.2) is 9.37 Å². The summed E-state index contributed by atoms with van der Waals surface area (Å²) in [6.45, 7) is 0.561. The summed E-state index contributed by atoms with van der Waals surface area (Å²) in [6, 6.07) is 29.2. The maximum absolute atomic E-state index is 13.7. The molecular weight excluding hydrogens is 571 g/mol. The molecule has 3 aromatic heterocycles. The molecule has 0 aliphatic carbocycles. The van der Waals surface area contributed by atoms with Crippen molar-refractivity contribution in [2.24, 2.45) is 5.10 Å². The molecule has 8 heteroatoms. The normalized spacial score (nSPS) is 11.8. The molecule has 194 valence electrons. The van der Waals surface area contributed by atoms with Gasteiger partial charge >= 0.3 is 0 Å². The van der Waals surface area contributed by atoms with E-state index in [-0.39, 0.29) is 11.4 Å². The van der Waals surface area contributed by atoms with Crippen LogP contribution >= 0.6 is 15.9 Å². The quantitative estimate of drug-likeness (QED) is 0.194. The molecule has 0 unspecified atom stereocenters. The average molecular weight is 591 g/mol. The zero-order valence-corrected chi connectivity index (χ0v) is 22.5. The minimum absolute atomic E-state index is 0.267. The number of fused-ring (bicyclic) bond motifs is 3. The van der Waals surface area contributed by atoms with E-state index in [9.17, 15) is 9.18 Å². The van der Waals surface area contributed by atoms with Crippen LogP contribution in [0.15, 0.2) is 122 Å². The Balaban J connectivity index is 1.37. The Morgan fingerprint density at radius 3 is 2.55 bits per heavy atom. The zero-order chi connectivity index (χ0) is 27.2. The van der Waals surface area contributed by atoms with Gasteiger partial charge in [0.2, 0.25) is 5.82 Å². The molecule has 0 N–H and O–H groups in total. The second-order valence-electron chi connectivity index (χ2n) is 9.46. The highest BCUT2D eigenvalue weighted by Crippen LogP contribution is 2.29. The lowest BCUT2D eigenvalue weighted by Crippen LogP contribution is -2.20. The number of furan rings is 1. The second-order valence-corrected chi connectivity index (χ2v) is 10.4. The summed E-state index contributed by atoms with van der Waals surface area (Å²) in [5, 5.41) is 6.97. The minimum atomic E-state index is -0.298. The summed E-state index contributed by atoms with van der Waals surface area (Å²) in [4.78, 5) is 18.4. The van der Waals surface area contributed by atoms with Crippen molar-refractivity contribution in [3.05, 3.63) is 135 Å². The zero-order valence-electron chi connectivity index (χ0n) is 21.0. The first-order valence-corrected chi connectivity index (χ1v) is 13.4. The van der Waals surface area contributed by atoms with Crippen LogP contribution in [0.3, 0.4) is 0 Å². The average Bonchev–Trinajstić information content (AvgIpc) is 3.55. The number of halogens is 2.